The Labute approximate surface area is 128 Å². The first-order chi connectivity index (χ1) is 10.3. The highest BCUT2D eigenvalue weighted by Crippen LogP contribution is 2.24. The van der Waals surface area contributed by atoms with Crippen molar-refractivity contribution in [1.82, 2.24) is 20.0 Å². The molecule has 1 saturated heterocycles. The van der Waals surface area contributed by atoms with Gasteiger partial charge in [-0.1, -0.05) is 13.8 Å². The van der Waals surface area contributed by atoms with Crippen LogP contribution >= 0.6 is 0 Å². The van der Waals surface area contributed by atoms with Crippen molar-refractivity contribution in [2.45, 2.75) is 39.2 Å². The lowest BCUT2D eigenvalue weighted by Gasteiger charge is -2.22. The van der Waals surface area contributed by atoms with Gasteiger partial charge in [-0.2, -0.15) is 5.10 Å². The Balaban J connectivity index is 2.07. The second-order valence-electron chi connectivity index (χ2n) is 5.45. The number of hydrogen-bond donors (Lipinski definition) is 2. The SMILES string of the molecule is CCC1(CC)NC(=O)N(CC(=O)Nc2cc(C)nn2C)C1=O. The van der Waals surface area contributed by atoms with Gasteiger partial charge in [0.25, 0.3) is 5.91 Å². The molecule has 2 N–H and O–H groups in total. The predicted molar refractivity (Wildman–Crippen MR) is 80.1 cm³/mol. The van der Waals surface area contributed by atoms with Crippen molar-refractivity contribution < 1.29 is 14.4 Å². The Hall–Kier alpha value is -2.38. The minimum absolute atomic E-state index is 0.309. The number of nitrogens with one attached hydrogen (secondary N) is 2. The van der Waals surface area contributed by atoms with E-state index in [1.54, 1.807) is 13.1 Å². The van der Waals surface area contributed by atoms with Crippen molar-refractivity contribution >= 4 is 23.7 Å². The van der Waals surface area contributed by atoms with E-state index in [1.165, 1.54) is 4.68 Å². The minimum atomic E-state index is -0.888. The molecule has 0 spiro atoms. The molecule has 0 bridgehead atoms. The lowest BCUT2D eigenvalue weighted by molar-refractivity contribution is -0.134. The first-order valence-electron chi connectivity index (χ1n) is 7.27. The highest BCUT2D eigenvalue weighted by molar-refractivity contribution is 6.10. The fourth-order valence-electron chi connectivity index (χ4n) is 2.60. The average molecular weight is 307 g/mol. The summed E-state index contributed by atoms with van der Waals surface area (Å²) in [6.07, 6.45) is 0.986. The van der Waals surface area contributed by atoms with Crippen molar-refractivity contribution in [3.05, 3.63) is 11.8 Å². The molecule has 4 amide bonds. The molecule has 8 nitrogen and oxygen atoms in total. The van der Waals surface area contributed by atoms with Gasteiger partial charge >= 0.3 is 6.03 Å². The Morgan fingerprint density at radius 1 is 1.36 bits per heavy atom. The number of rotatable bonds is 5. The van der Waals surface area contributed by atoms with Crippen LogP contribution in [0.5, 0.6) is 0 Å². The molecule has 0 saturated carbocycles. The maximum Gasteiger partial charge on any atom is 0.325 e. The molecule has 2 rings (SSSR count). The third kappa shape index (κ3) is 2.68. The van der Waals surface area contributed by atoms with Crippen LogP contribution in [0, 0.1) is 6.92 Å². The smallest absolute Gasteiger partial charge is 0.323 e. The standard InChI is InChI=1S/C14H21N5O3/c1-5-14(6-2)12(21)19(13(22)16-14)8-11(20)15-10-7-9(3)17-18(10)4/h7H,5-6,8H2,1-4H3,(H,15,20)(H,16,22). The van der Waals surface area contributed by atoms with Crippen molar-refractivity contribution in [3.63, 3.8) is 0 Å². The van der Waals surface area contributed by atoms with Crippen LogP contribution < -0.4 is 10.6 Å². The second-order valence-corrected chi connectivity index (χ2v) is 5.45. The maximum atomic E-state index is 12.4. The van der Waals surface area contributed by atoms with Crippen LogP contribution in [0.25, 0.3) is 0 Å². The monoisotopic (exact) mass is 307 g/mol. The minimum Gasteiger partial charge on any atom is -0.323 e. The van der Waals surface area contributed by atoms with Crippen molar-refractivity contribution in [2.75, 3.05) is 11.9 Å². The van der Waals surface area contributed by atoms with E-state index >= 15 is 0 Å². The summed E-state index contributed by atoms with van der Waals surface area (Å²) in [6.45, 7) is 5.17. The third-order valence-corrected chi connectivity index (χ3v) is 4.02. The van der Waals surface area contributed by atoms with Crippen molar-refractivity contribution in [1.29, 1.82) is 0 Å². The summed E-state index contributed by atoms with van der Waals surface area (Å²) < 4.78 is 1.53. The Kier molecular flexibility index (Phi) is 4.20. The van der Waals surface area contributed by atoms with E-state index in [0.717, 1.165) is 10.6 Å². The molecule has 1 aliphatic heterocycles. The van der Waals surface area contributed by atoms with Crippen LogP contribution in [0.3, 0.4) is 0 Å². The molecular formula is C14H21N5O3. The van der Waals surface area contributed by atoms with Crippen LogP contribution in [0.15, 0.2) is 6.07 Å². The molecule has 0 unspecified atom stereocenters. The fraction of sp³-hybridized carbons (Fsp3) is 0.571. The predicted octanol–water partition coefficient (Wildman–Crippen LogP) is 0.778. The number of hydrogen-bond acceptors (Lipinski definition) is 4. The normalized spacial score (nSPS) is 16.8. The van der Waals surface area contributed by atoms with E-state index in [4.69, 9.17) is 0 Å². The number of nitrogens with zero attached hydrogens (tertiary/aromatic N) is 3. The highest BCUT2D eigenvalue weighted by atomic mass is 16.2. The van der Waals surface area contributed by atoms with Crippen molar-refractivity contribution in [2.24, 2.45) is 7.05 Å². The highest BCUT2D eigenvalue weighted by Gasteiger charge is 2.49. The van der Waals surface area contributed by atoms with E-state index in [9.17, 15) is 14.4 Å². The number of amides is 4. The van der Waals surface area contributed by atoms with Gasteiger partial charge in [0.1, 0.15) is 17.9 Å². The van der Waals surface area contributed by atoms with Crippen LogP contribution in [-0.2, 0) is 16.6 Å². The number of aromatic nitrogens is 2. The molecular weight excluding hydrogens is 286 g/mol. The largest absolute Gasteiger partial charge is 0.325 e. The first kappa shape index (κ1) is 16.0. The molecule has 1 aromatic rings. The summed E-state index contributed by atoms with van der Waals surface area (Å²) in [4.78, 5) is 37.4. The lowest BCUT2D eigenvalue weighted by atomic mass is 9.93. The summed E-state index contributed by atoms with van der Waals surface area (Å²) >= 11 is 0. The van der Waals surface area contributed by atoms with Gasteiger partial charge in [-0.05, 0) is 19.8 Å². The Morgan fingerprint density at radius 3 is 2.45 bits per heavy atom. The zero-order valence-corrected chi connectivity index (χ0v) is 13.3. The zero-order chi connectivity index (χ0) is 16.5. The molecule has 22 heavy (non-hydrogen) atoms. The number of urea groups is 1. The summed E-state index contributed by atoms with van der Waals surface area (Å²) in [5.41, 5.74) is -0.121. The van der Waals surface area contributed by atoms with Gasteiger partial charge in [0.15, 0.2) is 0 Å². The van der Waals surface area contributed by atoms with Crippen LogP contribution in [0.1, 0.15) is 32.4 Å². The molecule has 0 radical (unpaired) electrons. The molecule has 120 valence electrons. The topological polar surface area (TPSA) is 96.3 Å². The molecule has 0 atom stereocenters. The summed E-state index contributed by atoms with van der Waals surface area (Å²) in [7, 11) is 1.70. The molecule has 0 aliphatic carbocycles. The van der Waals surface area contributed by atoms with Gasteiger partial charge < -0.3 is 10.6 Å². The van der Waals surface area contributed by atoms with Gasteiger partial charge in [-0.15, -0.1) is 0 Å². The van der Waals surface area contributed by atoms with E-state index in [-0.39, 0.29) is 12.5 Å². The zero-order valence-electron chi connectivity index (χ0n) is 13.3. The van der Waals surface area contributed by atoms with E-state index in [2.05, 4.69) is 15.7 Å². The van der Waals surface area contributed by atoms with Gasteiger partial charge in [0.2, 0.25) is 5.91 Å². The number of aryl methyl sites for hydroxylation is 2. The number of carbonyl (C=O) groups is 3. The quantitative estimate of drug-likeness (QED) is 0.786. The second kappa shape index (κ2) is 5.78. The molecule has 1 aromatic heterocycles. The van der Waals surface area contributed by atoms with Crippen LogP contribution in [-0.4, -0.2) is 44.6 Å². The fourth-order valence-corrected chi connectivity index (χ4v) is 2.60. The molecule has 8 heteroatoms. The van der Waals surface area contributed by atoms with Gasteiger partial charge in [0.05, 0.1) is 5.69 Å². The third-order valence-electron chi connectivity index (χ3n) is 4.02. The Bertz CT molecular complexity index is 618. The number of imide groups is 1. The van der Waals surface area contributed by atoms with E-state index in [0.29, 0.717) is 18.7 Å². The lowest BCUT2D eigenvalue weighted by Crippen LogP contribution is -2.46. The van der Waals surface area contributed by atoms with Gasteiger partial charge in [-0.3, -0.25) is 19.2 Å². The van der Waals surface area contributed by atoms with E-state index in [1.807, 2.05) is 20.8 Å². The van der Waals surface area contributed by atoms with Crippen LogP contribution in [0.2, 0.25) is 0 Å². The number of anilines is 1. The molecule has 2 heterocycles. The molecule has 1 aliphatic rings. The molecule has 1 fully saturated rings. The van der Waals surface area contributed by atoms with Gasteiger partial charge in [-0.25, -0.2) is 4.79 Å². The van der Waals surface area contributed by atoms with Crippen molar-refractivity contribution in [3.8, 4) is 0 Å². The first-order valence-corrected chi connectivity index (χ1v) is 7.27. The van der Waals surface area contributed by atoms with Gasteiger partial charge in [0, 0.05) is 13.1 Å². The summed E-state index contributed by atoms with van der Waals surface area (Å²) in [5, 5.41) is 9.46. The summed E-state index contributed by atoms with van der Waals surface area (Å²) in [6, 6.07) is 1.19. The van der Waals surface area contributed by atoms with Crippen LogP contribution in [0.4, 0.5) is 10.6 Å². The average Bonchev–Trinajstić information content (AvgIpc) is 2.90. The van der Waals surface area contributed by atoms with E-state index < -0.39 is 17.5 Å². The molecule has 0 aromatic carbocycles. The summed E-state index contributed by atoms with van der Waals surface area (Å²) in [5.74, 6) is -0.264. The Morgan fingerprint density at radius 2 is 2.00 bits per heavy atom. The maximum absolute atomic E-state index is 12.4. The number of carbonyl (C=O) groups excluding carboxylic acids is 3.